The number of carboxylic acids is 1. The second kappa shape index (κ2) is 7.17. The van der Waals surface area contributed by atoms with Crippen LogP contribution >= 0.6 is 0 Å². The molecule has 18 heavy (non-hydrogen) atoms. The SMILES string of the molecule is COCCC(NC(=O)N1CCN(C)CC1)C(=O)O. The molecule has 0 saturated carbocycles. The van der Waals surface area contributed by atoms with E-state index in [4.69, 9.17) is 9.84 Å². The zero-order chi connectivity index (χ0) is 13.5. The molecule has 0 aliphatic carbocycles. The van der Waals surface area contributed by atoms with Gasteiger partial charge in [-0.15, -0.1) is 0 Å². The molecule has 2 N–H and O–H groups in total. The van der Waals surface area contributed by atoms with E-state index in [9.17, 15) is 9.59 Å². The summed E-state index contributed by atoms with van der Waals surface area (Å²) in [6.07, 6.45) is 0.269. The maximum Gasteiger partial charge on any atom is 0.326 e. The van der Waals surface area contributed by atoms with Gasteiger partial charge in [-0.25, -0.2) is 9.59 Å². The van der Waals surface area contributed by atoms with Gasteiger partial charge in [0, 0.05) is 46.3 Å². The number of hydrogen-bond acceptors (Lipinski definition) is 4. The zero-order valence-electron chi connectivity index (χ0n) is 10.9. The fourth-order valence-corrected chi connectivity index (χ4v) is 1.74. The largest absolute Gasteiger partial charge is 0.480 e. The number of amides is 2. The van der Waals surface area contributed by atoms with Crippen LogP contribution in [0.1, 0.15) is 6.42 Å². The minimum Gasteiger partial charge on any atom is -0.480 e. The van der Waals surface area contributed by atoms with Crippen molar-refractivity contribution in [3.05, 3.63) is 0 Å². The van der Waals surface area contributed by atoms with Crippen LogP contribution < -0.4 is 5.32 Å². The smallest absolute Gasteiger partial charge is 0.326 e. The number of methoxy groups -OCH3 is 1. The van der Waals surface area contributed by atoms with Crippen molar-refractivity contribution in [2.24, 2.45) is 0 Å². The molecule has 1 saturated heterocycles. The third kappa shape index (κ3) is 4.50. The predicted molar refractivity (Wildman–Crippen MR) is 65.5 cm³/mol. The van der Waals surface area contributed by atoms with Crippen LogP contribution in [0.5, 0.6) is 0 Å². The van der Waals surface area contributed by atoms with Crippen molar-refractivity contribution in [2.45, 2.75) is 12.5 Å². The molecule has 2 amide bonds. The molecule has 0 radical (unpaired) electrons. The van der Waals surface area contributed by atoms with Gasteiger partial charge < -0.3 is 25.0 Å². The highest BCUT2D eigenvalue weighted by atomic mass is 16.5. The highest BCUT2D eigenvalue weighted by Gasteiger charge is 2.24. The Balaban J connectivity index is 2.42. The molecule has 0 aromatic carbocycles. The topological polar surface area (TPSA) is 82.1 Å². The van der Waals surface area contributed by atoms with Gasteiger partial charge in [-0.2, -0.15) is 0 Å². The number of nitrogens with one attached hydrogen (secondary N) is 1. The second-order valence-corrected chi connectivity index (χ2v) is 4.41. The number of rotatable bonds is 5. The molecule has 0 bridgehead atoms. The maximum atomic E-state index is 11.9. The first-order valence-corrected chi connectivity index (χ1v) is 6.00. The normalized spacial score (nSPS) is 18.4. The summed E-state index contributed by atoms with van der Waals surface area (Å²) >= 11 is 0. The maximum absolute atomic E-state index is 11.9. The third-order valence-electron chi connectivity index (χ3n) is 3.00. The molecule has 1 atom stereocenters. The molecule has 1 heterocycles. The lowest BCUT2D eigenvalue weighted by Crippen LogP contribution is -2.54. The minimum atomic E-state index is -1.03. The van der Waals surface area contributed by atoms with E-state index in [0.717, 1.165) is 13.1 Å². The van der Waals surface area contributed by atoms with Crippen molar-refractivity contribution in [2.75, 3.05) is 46.9 Å². The summed E-state index contributed by atoms with van der Waals surface area (Å²) in [6.45, 7) is 3.17. The number of carbonyl (C=O) groups excluding carboxylic acids is 1. The van der Waals surface area contributed by atoms with Crippen LogP contribution in [-0.2, 0) is 9.53 Å². The van der Waals surface area contributed by atoms with Gasteiger partial charge in [-0.1, -0.05) is 0 Å². The average molecular weight is 259 g/mol. The highest BCUT2D eigenvalue weighted by molar-refractivity contribution is 5.82. The lowest BCUT2D eigenvalue weighted by atomic mass is 10.2. The molecule has 1 aliphatic heterocycles. The van der Waals surface area contributed by atoms with Crippen molar-refractivity contribution >= 4 is 12.0 Å². The van der Waals surface area contributed by atoms with Crippen LogP contribution in [0.3, 0.4) is 0 Å². The Labute approximate surface area is 107 Å². The lowest BCUT2D eigenvalue weighted by molar-refractivity contribution is -0.139. The molecule has 0 aromatic rings. The Morgan fingerprint density at radius 2 is 1.94 bits per heavy atom. The Kier molecular flexibility index (Phi) is 5.87. The van der Waals surface area contributed by atoms with E-state index < -0.39 is 12.0 Å². The number of urea groups is 1. The molecule has 7 heteroatoms. The molecule has 7 nitrogen and oxygen atoms in total. The van der Waals surface area contributed by atoms with Crippen molar-refractivity contribution in [3.8, 4) is 0 Å². The number of aliphatic carboxylic acids is 1. The molecular formula is C11H21N3O4. The summed E-state index contributed by atoms with van der Waals surface area (Å²) in [4.78, 5) is 26.6. The van der Waals surface area contributed by atoms with E-state index in [0.29, 0.717) is 19.7 Å². The number of ether oxygens (including phenoxy) is 1. The van der Waals surface area contributed by atoms with Crippen LogP contribution in [0.25, 0.3) is 0 Å². The van der Waals surface area contributed by atoms with E-state index in [-0.39, 0.29) is 12.5 Å². The summed E-state index contributed by atoms with van der Waals surface area (Å²) in [6, 6.07) is -1.20. The van der Waals surface area contributed by atoms with Gasteiger partial charge in [-0.3, -0.25) is 0 Å². The van der Waals surface area contributed by atoms with Gasteiger partial charge in [0.25, 0.3) is 0 Å². The second-order valence-electron chi connectivity index (χ2n) is 4.41. The van der Waals surface area contributed by atoms with Crippen LogP contribution in [-0.4, -0.2) is 79.9 Å². The Morgan fingerprint density at radius 3 is 2.44 bits per heavy atom. The van der Waals surface area contributed by atoms with Crippen molar-refractivity contribution < 1.29 is 19.4 Å². The van der Waals surface area contributed by atoms with Crippen molar-refractivity contribution in [1.82, 2.24) is 15.1 Å². The number of likely N-dealkylation sites (N-methyl/N-ethyl adjacent to an activating group) is 1. The van der Waals surface area contributed by atoms with Gasteiger partial charge in [0.15, 0.2) is 0 Å². The first-order valence-electron chi connectivity index (χ1n) is 6.00. The summed E-state index contributed by atoms with van der Waals surface area (Å²) in [7, 11) is 3.50. The van der Waals surface area contributed by atoms with Crippen LogP contribution in [0, 0.1) is 0 Å². The summed E-state index contributed by atoms with van der Waals surface area (Å²) in [5.41, 5.74) is 0. The molecule has 104 valence electrons. The van der Waals surface area contributed by atoms with Gasteiger partial charge in [0.2, 0.25) is 0 Å². The number of piperazine rings is 1. The number of carboxylic acid groups (broad SMARTS) is 1. The fourth-order valence-electron chi connectivity index (χ4n) is 1.74. The molecule has 1 rings (SSSR count). The van der Waals surface area contributed by atoms with E-state index in [1.165, 1.54) is 7.11 Å². The number of hydrogen-bond donors (Lipinski definition) is 2. The molecule has 0 spiro atoms. The molecule has 1 unspecified atom stereocenters. The van der Waals surface area contributed by atoms with Crippen LogP contribution in [0.2, 0.25) is 0 Å². The van der Waals surface area contributed by atoms with Crippen LogP contribution in [0.15, 0.2) is 0 Å². The summed E-state index contributed by atoms with van der Waals surface area (Å²) < 4.78 is 4.83. The molecule has 1 fully saturated rings. The molecule has 1 aliphatic rings. The van der Waals surface area contributed by atoms with Gasteiger partial charge in [0.1, 0.15) is 6.04 Å². The summed E-state index contributed by atoms with van der Waals surface area (Å²) in [5.74, 6) is -1.03. The minimum absolute atomic E-state index is 0.269. The van der Waals surface area contributed by atoms with Crippen molar-refractivity contribution in [1.29, 1.82) is 0 Å². The van der Waals surface area contributed by atoms with E-state index in [1.807, 2.05) is 7.05 Å². The number of carbonyl (C=O) groups is 2. The zero-order valence-corrected chi connectivity index (χ0v) is 10.9. The average Bonchev–Trinajstić information content (AvgIpc) is 2.34. The fraction of sp³-hybridized carbons (Fsp3) is 0.818. The molecule has 0 aromatic heterocycles. The van der Waals surface area contributed by atoms with Crippen molar-refractivity contribution in [3.63, 3.8) is 0 Å². The monoisotopic (exact) mass is 259 g/mol. The van der Waals surface area contributed by atoms with Gasteiger partial charge in [0.05, 0.1) is 0 Å². The van der Waals surface area contributed by atoms with Gasteiger partial charge >= 0.3 is 12.0 Å². The first-order chi connectivity index (χ1) is 8.54. The predicted octanol–water partition coefficient (Wildman–Crippen LogP) is -0.567. The molecular weight excluding hydrogens is 238 g/mol. The lowest BCUT2D eigenvalue weighted by Gasteiger charge is -2.33. The third-order valence-corrected chi connectivity index (χ3v) is 3.00. The summed E-state index contributed by atoms with van der Waals surface area (Å²) in [5, 5.41) is 11.5. The van der Waals surface area contributed by atoms with E-state index >= 15 is 0 Å². The van der Waals surface area contributed by atoms with Crippen LogP contribution in [0.4, 0.5) is 4.79 Å². The first kappa shape index (κ1) is 14.7. The number of nitrogens with zero attached hydrogens (tertiary/aromatic N) is 2. The Hall–Kier alpha value is -1.34. The highest BCUT2D eigenvalue weighted by Crippen LogP contribution is 2.01. The van der Waals surface area contributed by atoms with E-state index in [1.54, 1.807) is 4.90 Å². The Bertz CT molecular complexity index is 290. The standard InChI is InChI=1S/C11H21N3O4/c1-13-4-6-14(7-5-13)11(17)12-9(10(15)16)3-8-18-2/h9H,3-8H2,1-2H3,(H,12,17)(H,15,16). The quantitative estimate of drug-likeness (QED) is 0.691. The Morgan fingerprint density at radius 1 is 1.33 bits per heavy atom. The van der Waals surface area contributed by atoms with E-state index in [2.05, 4.69) is 10.2 Å². The van der Waals surface area contributed by atoms with Gasteiger partial charge in [-0.05, 0) is 7.05 Å².